The minimum Gasteiger partial charge on any atom is -0.508 e. The van der Waals surface area contributed by atoms with Crippen molar-refractivity contribution in [1.29, 1.82) is 0 Å². The van der Waals surface area contributed by atoms with E-state index in [1.165, 1.54) is 12.1 Å². The summed E-state index contributed by atoms with van der Waals surface area (Å²) in [7, 11) is 0. The van der Waals surface area contributed by atoms with Crippen LogP contribution in [0.25, 0.3) is 0 Å². The summed E-state index contributed by atoms with van der Waals surface area (Å²) in [5, 5.41) is 9.68. The van der Waals surface area contributed by atoms with Gasteiger partial charge in [0.05, 0.1) is 15.6 Å². The first kappa shape index (κ1) is 16.9. The highest BCUT2D eigenvalue weighted by atomic mass is 79.9. The van der Waals surface area contributed by atoms with E-state index in [2.05, 4.69) is 15.9 Å². The lowest BCUT2D eigenvalue weighted by molar-refractivity contribution is 0.0450. The number of carbonyl (C=O) groups excluding carboxylic acids is 1. The second-order valence-corrected chi connectivity index (χ2v) is 5.96. The molecule has 2 aromatic carbocycles. The van der Waals surface area contributed by atoms with Crippen LogP contribution >= 0.6 is 39.1 Å². The predicted molar refractivity (Wildman–Crippen MR) is 88.0 cm³/mol. The minimum atomic E-state index is -0.445. The molecule has 0 amide bonds. The SMILES string of the molecule is O=C(OCCOc1c(Cl)cc(O)cc1Cl)c1ccc(Br)cc1. The standard InChI is InChI=1S/C15H11BrCl2O4/c16-10-3-1-9(2-4-10)15(20)22-6-5-21-14-12(17)7-11(19)8-13(14)18/h1-4,7-8,19H,5-6H2. The molecule has 0 atom stereocenters. The molecule has 0 aliphatic heterocycles. The number of rotatable bonds is 5. The molecule has 0 fully saturated rings. The normalized spacial score (nSPS) is 10.3. The van der Waals surface area contributed by atoms with Gasteiger partial charge in [-0.2, -0.15) is 0 Å². The van der Waals surface area contributed by atoms with Crippen LogP contribution in [0, 0.1) is 0 Å². The van der Waals surface area contributed by atoms with Crippen LogP contribution < -0.4 is 4.74 Å². The van der Waals surface area contributed by atoms with Gasteiger partial charge in [-0.15, -0.1) is 0 Å². The fraction of sp³-hybridized carbons (Fsp3) is 0.133. The highest BCUT2D eigenvalue weighted by molar-refractivity contribution is 9.10. The summed E-state index contributed by atoms with van der Waals surface area (Å²) in [5.41, 5.74) is 0.448. The van der Waals surface area contributed by atoms with Crippen LogP contribution in [-0.4, -0.2) is 24.3 Å². The Morgan fingerprint density at radius 3 is 2.27 bits per heavy atom. The fourth-order valence-electron chi connectivity index (χ4n) is 1.63. The van der Waals surface area contributed by atoms with E-state index in [4.69, 9.17) is 32.7 Å². The number of hydrogen-bond acceptors (Lipinski definition) is 4. The van der Waals surface area contributed by atoms with Gasteiger partial charge in [-0.1, -0.05) is 39.1 Å². The number of halogens is 3. The van der Waals surface area contributed by atoms with Gasteiger partial charge in [-0.25, -0.2) is 4.79 Å². The zero-order valence-electron chi connectivity index (χ0n) is 11.2. The van der Waals surface area contributed by atoms with Gasteiger partial charge in [0.2, 0.25) is 0 Å². The van der Waals surface area contributed by atoms with E-state index in [9.17, 15) is 9.90 Å². The number of benzene rings is 2. The molecule has 0 saturated carbocycles. The summed E-state index contributed by atoms with van der Waals surface area (Å²) < 4.78 is 11.3. The molecule has 4 nitrogen and oxygen atoms in total. The van der Waals surface area contributed by atoms with E-state index in [0.717, 1.165) is 4.47 Å². The Labute approximate surface area is 145 Å². The molecule has 0 radical (unpaired) electrons. The Morgan fingerprint density at radius 1 is 1.09 bits per heavy atom. The number of esters is 1. The number of carbonyl (C=O) groups is 1. The Hall–Kier alpha value is -1.43. The first-order valence-electron chi connectivity index (χ1n) is 6.21. The van der Waals surface area contributed by atoms with Gasteiger partial charge in [0.1, 0.15) is 19.0 Å². The quantitative estimate of drug-likeness (QED) is 0.578. The molecule has 7 heteroatoms. The molecular formula is C15H11BrCl2O4. The van der Waals surface area contributed by atoms with E-state index in [1.54, 1.807) is 24.3 Å². The Kier molecular flexibility index (Phi) is 5.94. The van der Waals surface area contributed by atoms with Gasteiger partial charge >= 0.3 is 5.97 Å². The molecule has 0 aliphatic carbocycles. The number of phenols is 1. The van der Waals surface area contributed by atoms with Crippen molar-refractivity contribution in [3.05, 3.63) is 56.5 Å². The maximum absolute atomic E-state index is 11.8. The first-order chi connectivity index (χ1) is 10.5. The van der Waals surface area contributed by atoms with E-state index in [1.807, 2.05) is 0 Å². The van der Waals surface area contributed by atoms with Gasteiger partial charge in [0.15, 0.2) is 5.75 Å². The van der Waals surface area contributed by atoms with Crippen molar-refractivity contribution in [3.8, 4) is 11.5 Å². The third-order valence-corrected chi connectivity index (χ3v) is 3.72. The average Bonchev–Trinajstić information content (AvgIpc) is 2.46. The van der Waals surface area contributed by atoms with Crippen molar-refractivity contribution in [2.45, 2.75) is 0 Å². The van der Waals surface area contributed by atoms with Gasteiger partial charge in [0.25, 0.3) is 0 Å². The molecular weight excluding hydrogens is 395 g/mol. The summed E-state index contributed by atoms with van der Waals surface area (Å²) in [5.74, 6) is -0.260. The van der Waals surface area contributed by atoms with Gasteiger partial charge in [-0.3, -0.25) is 0 Å². The predicted octanol–water partition coefficient (Wildman–Crippen LogP) is 4.70. The summed E-state index contributed by atoms with van der Waals surface area (Å²) in [6.45, 7) is 0.134. The number of phenolic OH excluding ortho intramolecular Hbond substituents is 1. The van der Waals surface area contributed by atoms with Crippen LogP contribution in [0.5, 0.6) is 11.5 Å². The first-order valence-corrected chi connectivity index (χ1v) is 7.76. The van der Waals surface area contributed by atoms with E-state index in [0.29, 0.717) is 5.56 Å². The van der Waals surface area contributed by atoms with Crippen LogP contribution in [0.15, 0.2) is 40.9 Å². The lowest BCUT2D eigenvalue weighted by Gasteiger charge is -2.10. The van der Waals surface area contributed by atoms with E-state index < -0.39 is 5.97 Å². The average molecular weight is 406 g/mol. The van der Waals surface area contributed by atoms with Crippen LogP contribution in [0.2, 0.25) is 10.0 Å². The van der Waals surface area contributed by atoms with Crippen molar-refractivity contribution in [3.63, 3.8) is 0 Å². The van der Waals surface area contributed by atoms with E-state index >= 15 is 0 Å². The third kappa shape index (κ3) is 4.53. The number of ether oxygens (including phenoxy) is 2. The van der Waals surface area contributed by atoms with Gasteiger partial charge in [-0.05, 0) is 24.3 Å². The lowest BCUT2D eigenvalue weighted by Crippen LogP contribution is -2.12. The highest BCUT2D eigenvalue weighted by Gasteiger charge is 2.11. The summed E-state index contributed by atoms with van der Waals surface area (Å²) >= 11 is 15.1. The maximum Gasteiger partial charge on any atom is 0.338 e. The maximum atomic E-state index is 11.8. The fourth-order valence-corrected chi connectivity index (χ4v) is 2.48. The van der Waals surface area contributed by atoms with Crippen LogP contribution in [0.4, 0.5) is 0 Å². The number of hydrogen-bond donors (Lipinski definition) is 1. The largest absolute Gasteiger partial charge is 0.508 e. The molecule has 1 N–H and O–H groups in total. The molecule has 0 heterocycles. The van der Waals surface area contributed by atoms with Crippen LogP contribution in [0.1, 0.15) is 10.4 Å². The second-order valence-electron chi connectivity index (χ2n) is 4.23. The molecule has 0 aliphatic rings. The molecule has 0 aromatic heterocycles. The van der Waals surface area contributed by atoms with Crippen molar-refractivity contribution in [1.82, 2.24) is 0 Å². The Balaban J connectivity index is 1.85. The number of aromatic hydroxyl groups is 1. The zero-order valence-corrected chi connectivity index (χ0v) is 14.3. The van der Waals surface area contributed by atoms with E-state index in [-0.39, 0.29) is 34.8 Å². The summed E-state index contributed by atoms with van der Waals surface area (Å²) in [4.78, 5) is 11.8. The second kappa shape index (κ2) is 7.72. The smallest absolute Gasteiger partial charge is 0.338 e. The minimum absolute atomic E-state index is 0.0441. The van der Waals surface area contributed by atoms with Crippen molar-refractivity contribution >= 4 is 45.1 Å². The molecule has 0 spiro atoms. The molecule has 22 heavy (non-hydrogen) atoms. The topological polar surface area (TPSA) is 55.8 Å². The van der Waals surface area contributed by atoms with Crippen molar-refractivity contribution in [2.75, 3.05) is 13.2 Å². The third-order valence-electron chi connectivity index (χ3n) is 2.63. The Morgan fingerprint density at radius 2 is 1.68 bits per heavy atom. The molecule has 0 saturated heterocycles. The zero-order chi connectivity index (χ0) is 16.1. The van der Waals surface area contributed by atoms with Gasteiger partial charge < -0.3 is 14.6 Å². The summed E-state index contributed by atoms with van der Waals surface area (Å²) in [6, 6.07) is 9.45. The monoisotopic (exact) mass is 404 g/mol. The highest BCUT2D eigenvalue weighted by Crippen LogP contribution is 2.36. The molecule has 116 valence electrons. The van der Waals surface area contributed by atoms with Crippen molar-refractivity contribution < 1.29 is 19.4 Å². The van der Waals surface area contributed by atoms with Crippen molar-refractivity contribution in [2.24, 2.45) is 0 Å². The summed E-state index contributed by atoms with van der Waals surface area (Å²) in [6.07, 6.45) is 0. The molecule has 2 rings (SSSR count). The van der Waals surface area contributed by atoms with Crippen LogP contribution in [-0.2, 0) is 4.74 Å². The molecule has 0 unspecified atom stereocenters. The molecule has 2 aromatic rings. The van der Waals surface area contributed by atoms with Crippen LogP contribution in [0.3, 0.4) is 0 Å². The Bertz CT molecular complexity index is 651. The lowest BCUT2D eigenvalue weighted by atomic mass is 10.2. The molecule has 0 bridgehead atoms. The van der Waals surface area contributed by atoms with Gasteiger partial charge in [0, 0.05) is 16.6 Å².